The van der Waals surface area contributed by atoms with Gasteiger partial charge in [-0.3, -0.25) is 10.1 Å². The van der Waals surface area contributed by atoms with E-state index in [1.807, 2.05) is 24.3 Å². The lowest BCUT2D eigenvalue weighted by Gasteiger charge is -2.02. The van der Waals surface area contributed by atoms with Gasteiger partial charge in [-0.15, -0.1) is 21.5 Å². The Balaban J connectivity index is 1.48. The number of nitrogens with zero attached hydrogens (tertiary/aromatic N) is 3. The van der Waals surface area contributed by atoms with Crippen LogP contribution in [-0.4, -0.2) is 21.1 Å². The fourth-order valence-corrected chi connectivity index (χ4v) is 4.33. The molecule has 0 bridgehead atoms. The van der Waals surface area contributed by atoms with Crippen molar-refractivity contribution < 1.29 is 4.79 Å². The van der Waals surface area contributed by atoms with Gasteiger partial charge in [-0.1, -0.05) is 47.2 Å². The molecule has 8 heteroatoms. The first kappa shape index (κ1) is 16.1. The van der Waals surface area contributed by atoms with Gasteiger partial charge in [-0.05, 0) is 24.3 Å². The number of hydrogen-bond acceptors (Lipinski definition) is 6. The molecule has 0 aliphatic heterocycles. The van der Waals surface area contributed by atoms with E-state index in [0.717, 1.165) is 20.2 Å². The van der Waals surface area contributed by atoms with Crippen LogP contribution in [0.2, 0.25) is 5.02 Å². The number of benzene rings is 2. The Hall–Kier alpha value is -2.35. The molecule has 2 aromatic heterocycles. The molecule has 0 fully saturated rings. The van der Waals surface area contributed by atoms with Gasteiger partial charge in [-0.2, -0.15) is 0 Å². The first-order chi connectivity index (χ1) is 12.2. The van der Waals surface area contributed by atoms with Gasteiger partial charge >= 0.3 is 0 Å². The number of para-hydroxylation sites is 1. The number of amides is 1. The lowest BCUT2D eigenvalue weighted by Crippen LogP contribution is -2.12. The second-order valence-corrected chi connectivity index (χ2v) is 7.77. The number of nitrogens with one attached hydrogen (secondary N) is 1. The Morgan fingerprint density at radius 3 is 2.64 bits per heavy atom. The summed E-state index contributed by atoms with van der Waals surface area (Å²) in [6.45, 7) is 0. The topological polar surface area (TPSA) is 67.8 Å². The van der Waals surface area contributed by atoms with Crippen molar-refractivity contribution in [2.75, 3.05) is 5.32 Å². The van der Waals surface area contributed by atoms with E-state index in [9.17, 15) is 4.79 Å². The highest BCUT2D eigenvalue weighted by molar-refractivity contribution is 7.19. The fourth-order valence-electron chi connectivity index (χ4n) is 2.31. The van der Waals surface area contributed by atoms with Gasteiger partial charge in [0.15, 0.2) is 0 Å². The molecule has 124 valence electrons. The number of aromatic nitrogens is 3. The van der Waals surface area contributed by atoms with E-state index in [0.29, 0.717) is 22.1 Å². The van der Waals surface area contributed by atoms with Crippen molar-refractivity contribution in [1.82, 2.24) is 15.2 Å². The predicted octanol–water partition coefficient (Wildman–Crippen LogP) is 4.64. The number of carbonyl (C=O) groups is 1. The maximum atomic E-state index is 12.3. The summed E-state index contributed by atoms with van der Waals surface area (Å²) in [5.41, 5.74) is 1.39. The Morgan fingerprint density at radius 2 is 1.80 bits per heavy atom. The van der Waals surface area contributed by atoms with E-state index < -0.39 is 0 Å². The van der Waals surface area contributed by atoms with Crippen LogP contribution in [0.4, 0.5) is 5.13 Å². The summed E-state index contributed by atoms with van der Waals surface area (Å²) in [5, 5.41) is 13.5. The summed E-state index contributed by atoms with van der Waals surface area (Å²) in [4.78, 5) is 16.8. The van der Waals surface area contributed by atoms with Crippen LogP contribution in [0.5, 0.6) is 0 Å². The van der Waals surface area contributed by atoms with Crippen molar-refractivity contribution in [3.63, 3.8) is 0 Å². The summed E-state index contributed by atoms with van der Waals surface area (Å²) in [7, 11) is 0. The Bertz CT molecular complexity index is 1030. The van der Waals surface area contributed by atoms with Crippen LogP contribution < -0.4 is 5.32 Å². The Morgan fingerprint density at radius 1 is 1.00 bits per heavy atom. The molecular formula is C17H11ClN4OS2. The average molecular weight is 387 g/mol. The van der Waals surface area contributed by atoms with Gasteiger partial charge < -0.3 is 0 Å². The quantitative estimate of drug-likeness (QED) is 0.554. The van der Waals surface area contributed by atoms with Crippen LogP contribution in [0.15, 0.2) is 48.5 Å². The lowest BCUT2D eigenvalue weighted by atomic mass is 10.2. The van der Waals surface area contributed by atoms with Crippen molar-refractivity contribution in [2.45, 2.75) is 6.42 Å². The Labute approximate surface area is 156 Å². The van der Waals surface area contributed by atoms with E-state index in [1.54, 1.807) is 35.6 Å². The van der Waals surface area contributed by atoms with Gasteiger partial charge in [0, 0.05) is 0 Å². The molecule has 1 amide bonds. The number of thiazole rings is 1. The number of anilines is 1. The molecule has 2 aromatic carbocycles. The SMILES string of the molecule is O=C(Nc1nnc(Cc2nc3ccccc3s2)s1)c1ccccc1Cl. The number of halogens is 1. The van der Waals surface area contributed by atoms with E-state index in [4.69, 9.17) is 11.6 Å². The van der Waals surface area contributed by atoms with Gasteiger partial charge in [-0.25, -0.2) is 4.98 Å². The third kappa shape index (κ3) is 3.53. The molecule has 0 aliphatic rings. The molecule has 0 atom stereocenters. The van der Waals surface area contributed by atoms with Crippen molar-refractivity contribution in [3.05, 3.63) is 69.1 Å². The number of carbonyl (C=O) groups excluding carboxylic acids is 1. The standard InChI is InChI=1S/C17H11ClN4OS2/c18-11-6-2-1-5-10(11)16(23)20-17-22-21-15(25-17)9-14-19-12-7-3-4-8-13(12)24-14/h1-8H,9H2,(H,20,22,23). The van der Waals surface area contributed by atoms with Gasteiger partial charge in [0.2, 0.25) is 5.13 Å². The molecule has 0 saturated carbocycles. The number of hydrogen-bond donors (Lipinski definition) is 1. The monoisotopic (exact) mass is 386 g/mol. The summed E-state index contributed by atoms with van der Waals surface area (Å²) < 4.78 is 1.15. The van der Waals surface area contributed by atoms with Gasteiger partial charge in [0.1, 0.15) is 10.0 Å². The minimum Gasteiger partial charge on any atom is -0.296 e. The molecule has 2 heterocycles. The molecule has 0 aliphatic carbocycles. The van der Waals surface area contributed by atoms with Crippen LogP contribution in [-0.2, 0) is 6.42 Å². The highest BCUT2D eigenvalue weighted by Gasteiger charge is 2.14. The van der Waals surface area contributed by atoms with Crippen LogP contribution in [0, 0.1) is 0 Å². The Kier molecular flexibility index (Phi) is 4.44. The first-order valence-corrected chi connectivity index (χ1v) is 9.43. The second-order valence-electron chi connectivity index (χ2n) is 5.19. The van der Waals surface area contributed by atoms with Crippen molar-refractivity contribution >= 4 is 55.5 Å². The lowest BCUT2D eigenvalue weighted by molar-refractivity contribution is 0.102. The van der Waals surface area contributed by atoms with Crippen molar-refractivity contribution in [1.29, 1.82) is 0 Å². The maximum absolute atomic E-state index is 12.3. The molecular weight excluding hydrogens is 376 g/mol. The molecule has 0 saturated heterocycles. The zero-order valence-corrected chi connectivity index (χ0v) is 15.2. The van der Waals surface area contributed by atoms with Crippen molar-refractivity contribution in [2.24, 2.45) is 0 Å². The second kappa shape index (κ2) is 6.87. The maximum Gasteiger partial charge on any atom is 0.259 e. The smallest absolute Gasteiger partial charge is 0.259 e. The normalized spacial score (nSPS) is 10.9. The first-order valence-electron chi connectivity index (χ1n) is 7.42. The van der Waals surface area contributed by atoms with E-state index in [1.165, 1.54) is 11.3 Å². The van der Waals surface area contributed by atoms with Crippen molar-refractivity contribution in [3.8, 4) is 0 Å². The minimum atomic E-state index is -0.298. The van der Waals surface area contributed by atoms with Crippen LogP contribution in [0.25, 0.3) is 10.2 Å². The highest BCUT2D eigenvalue weighted by atomic mass is 35.5. The molecule has 0 unspecified atom stereocenters. The summed E-state index contributed by atoms with van der Waals surface area (Å²) in [6, 6.07) is 14.9. The van der Waals surface area contributed by atoms with Crippen LogP contribution in [0.1, 0.15) is 20.4 Å². The van der Waals surface area contributed by atoms with E-state index in [2.05, 4.69) is 20.5 Å². The molecule has 1 N–H and O–H groups in total. The molecule has 5 nitrogen and oxygen atoms in total. The van der Waals surface area contributed by atoms with Gasteiger partial charge in [0.05, 0.1) is 27.2 Å². The summed E-state index contributed by atoms with van der Waals surface area (Å²) in [6.07, 6.45) is 0.596. The van der Waals surface area contributed by atoms with E-state index >= 15 is 0 Å². The van der Waals surface area contributed by atoms with Crippen LogP contribution in [0.3, 0.4) is 0 Å². The molecule has 0 radical (unpaired) electrons. The summed E-state index contributed by atoms with van der Waals surface area (Å²) in [5.74, 6) is -0.298. The number of fused-ring (bicyclic) bond motifs is 1. The third-order valence-corrected chi connectivity index (χ3v) is 5.65. The zero-order valence-electron chi connectivity index (χ0n) is 12.8. The van der Waals surface area contributed by atoms with Gasteiger partial charge in [0.25, 0.3) is 5.91 Å². The summed E-state index contributed by atoms with van der Waals surface area (Å²) >= 11 is 9.01. The molecule has 4 aromatic rings. The minimum absolute atomic E-state index is 0.298. The number of rotatable bonds is 4. The average Bonchev–Trinajstić information content (AvgIpc) is 3.21. The fraction of sp³-hybridized carbons (Fsp3) is 0.0588. The molecule has 0 spiro atoms. The van der Waals surface area contributed by atoms with Crippen LogP contribution >= 0.6 is 34.3 Å². The predicted molar refractivity (Wildman–Crippen MR) is 102 cm³/mol. The molecule has 4 rings (SSSR count). The highest BCUT2D eigenvalue weighted by Crippen LogP contribution is 2.26. The third-order valence-electron chi connectivity index (χ3n) is 3.45. The van der Waals surface area contributed by atoms with E-state index in [-0.39, 0.29) is 5.91 Å². The largest absolute Gasteiger partial charge is 0.296 e. The molecule has 25 heavy (non-hydrogen) atoms. The zero-order chi connectivity index (χ0) is 17.2.